The van der Waals surface area contributed by atoms with Crippen molar-refractivity contribution in [3.8, 4) is 17.1 Å². The van der Waals surface area contributed by atoms with Crippen LogP contribution >= 0.6 is 15.9 Å². The number of aliphatic carboxylic acids is 1. The van der Waals surface area contributed by atoms with Crippen molar-refractivity contribution in [3.05, 3.63) is 106 Å². The number of halogens is 1. The van der Waals surface area contributed by atoms with Crippen LogP contribution in [0.5, 0.6) is 5.75 Å². The molecule has 0 aliphatic heterocycles. The molecule has 1 amide bonds. The standard InChI is InChI=1S/C30H25BrN4O4/c1-39-27-13-7-21(16-24(27)31)30(38)33-23-8-2-18(3-9-23)17-32-22-10-5-20(6-11-22)29-34-25-12-4-19(15-28(36)37)14-26(25)35-29/h2-14,16,32H,15,17H2,1H3,(H,33,38)(H,34,35)(H,36,37). The number of hydrogen-bond acceptors (Lipinski definition) is 5. The number of hydrogen-bond donors (Lipinski definition) is 4. The summed E-state index contributed by atoms with van der Waals surface area (Å²) in [7, 11) is 1.58. The normalized spacial score (nSPS) is 10.8. The Bertz CT molecular complexity index is 1650. The van der Waals surface area contributed by atoms with E-state index in [0.29, 0.717) is 23.5 Å². The van der Waals surface area contributed by atoms with Crippen LogP contribution in [0, 0.1) is 0 Å². The van der Waals surface area contributed by atoms with Crippen molar-refractivity contribution in [2.75, 3.05) is 17.7 Å². The number of anilines is 2. The van der Waals surface area contributed by atoms with Gasteiger partial charge >= 0.3 is 5.97 Å². The lowest BCUT2D eigenvalue weighted by molar-refractivity contribution is -0.136. The molecule has 0 spiro atoms. The van der Waals surface area contributed by atoms with Gasteiger partial charge in [-0.15, -0.1) is 0 Å². The highest BCUT2D eigenvalue weighted by atomic mass is 79.9. The maximum atomic E-state index is 12.6. The van der Waals surface area contributed by atoms with E-state index >= 15 is 0 Å². The zero-order valence-corrected chi connectivity index (χ0v) is 22.6. The molecule has 0 saturated heterocycles. The molecule has 4 N–H and O–H groups in total. The van der Waals surface area contributed by atoms with Gasteiger partial charge in [-0.3, -0.25) is 9.59 Å². The molecule has 39 heavy (non-hydrogen) atoms. The summed E-state index contributed by atoms with van der Waals surface area (Å²) < 4.78 is 5.93. The van der Waals surface area contributed by atoms with Crippen molar-refractivity contribution in [1.29, 1.82) is 0 Å². The van der Waals surface area contributed by atoms with Gasteiger partial charge in [0.15, 0.2) is 0 Å². The maximum absolute atomic E-state index is 12.6. The van der Waals surface area contributed by atoms with Crippen LogP contribution in [-0.4, -0.2) is 34.1 Å². The van der Waals surface area contributed by atoms with Gasteiger partial charge in [-0.2, -0.15) is 0 Å². The van der Waals surface area contributed by atoms with Crippen molar-refractivity contribution in [2.45, 2.75) is 13.0 Å². The number of fused-ring (bicyclic) bond motifs is 1. The molecule has 0 radical (unpaired) electrons. The third-order valence-corrected chi connectivity index (χ3v) is 6.80. The first kappa shape index (κ1) is 26.0. The number of carboxylic acid groups (broad SMARTS) is 1. The van der Waals surface area contributed by atoms with Crippen molar-refractivity contribution in [3.63, 3.8) is 0 Å². The van der Waals surface area contributed by atoms with E-state index in [2.05, 4.69) is 36.5 Å². The van der Waals surface area contributed by atoms with Gasteiger partial charge in [0.1, 0.15) is 11.6 Å². The molecule has 0 fully saturated rings. The van der Waals surface area contributed by atoms with Gasteiger partial charge in [0, 0.05) is 29.0 Å². The first-order valence-corrected chi connectivity index (χ1v) is 13.0. The Labute approximate surface area is 233 Å². The van der Waals surface area contributed by atoms with Gasteiger partial charge in [0.2, 0.25) is 0 Å². The molecule has 0 bridgehead atoms. The zero-order chi connectivity index (χ0) is 27.4. The molecule has 5 rings (SSSR count). The smallest absolute Gasteiger partial charge is 0.307 e. The quantitative estimate of drug-likeness (QED) is 0.157. The van der Waals surface area contributed by atoms with E-state index in [1.165, 1.54) is 0 Å². The Morgan fingerprint density at radius 1 is 0.923 bits per heavy atom. The Kier molecular flexibility index (Phi) is 7.60. The summed E-state index contributed by atoms with van der Waals surface area (Å²) in [6.07, 6.45) is -0.0239. The predicted molar refractivity (Wildman–Crippen MR) is 155 cm³/mol. The number of nitrogens with one attached hydrogen (secondary N) is 3. The fourth-order valence-corrected chi connectivity index (χ4v) is 4.69. The van der Waals surface area contributed by atoms with Crippen molar-refractivity contribution in [2.24, 2.45) is 0 Å². The topological polar surface area (TPSA) is 116 Å². The number of ether oxygens (including phenoxy) is 1. The zero-order valence-electron chi connectivity index (χ0n) is 21.0. The number of carbonyl (C=O) groups is 2. The number of carboxylic acids is 1. The Balaban J connectivity index is 1.17. The second-order valence-corrected chi connectivity index (χ2v) is 9.79. The van der Waals surface area contributed by atoms with E-state index in [1.54, 1.807) is 31.4 Å². The van der Waals surface area contributed by atoms with Crippen LogP contribution < -0.4 is 15.4 Å². The minimum absolute atomic E-state index is 0.0239. The summed E-state index contributed by atoms with van der Waals surface area (Å²) in [6, 6.07) is 26.2. The van der Waals surface area contributed by atoms with Crippen molar-refractivity contribution < 1.29 is 19.4 Å². The molecular formula is C30H25BrN4O4. The lowest BCUT2D eigenvalue weighted by Gasteiger charge is -2.10. The van der Waals surface area contributed by atoms with Crippen LogP contribution in [-0.2, 0) is 17.8 Å². The summed E-state index contributed by atoms with van der Waals surface area (Å²) in [5, 5.41) is 15.3. The second kappa shape index (κ2) is 11.4. The number of imidazole rings is 1. The minimum Gasteiger partial charge on any atom is -0.496 e. The van der Waals surface area contributed by atoms with Crippen LogP contribution in [0.4, 0.5) is 11.4 Å². The second-order valence-electron chi connectivity index (χ2n) is 8.94. The number of amides is 1. The summed E-state index contributed by atoms with van der Waals surface area (Å²) >= 11 is 3.41. The maximum Gasteiger partial charge on any atom is 0.307 e. The summed E-state index contributed by atoms with van der Waals surface area (Å²) in [6.45, 7) is 0.621. The van der Waals surface area contributed by atoms with E-state index < -0.39 is 5.97 Å². The molecular weight excluding hydrogens is 560 g/mol. The lowest BCUT2D eigenvalue weighted by atomic mass is 10.1. The molecule has 9 heteroatoms. The molecule has 0 saturated carbocycles. The summed E-state index contributed by atoms with van der Waals surface area (Å²) in [5.41, 5.74) is 6.52. The largest absolute Gasteiger partial charge is 0.496 e. The first-order chi connectivity index (χ1) is 18.9. The molecule has 1 aromatic heterocycles. The average Bonchev–Trinajstić information content (AvgIpc) is 3.36. The fourth-order valence-electron chi connectivity index (χ4n) is 4.14. The number of benzene rings is 4. The van der Waals surface area contributed by atoms with Gasteiger partial charge < -0.3 is 25.5 Å². The summed E-state index contributed by atoms with van der Waals surface area (Å²) in [4.78, 5) is 31.5. The summed E-state index contributed by atoms with van der Waals surface area (Å²) in [5.74, 6) is 0.330. The Morgan fingerprint density at radius 3 is 2.33 bits per heavy atom. The van der Waals surface area contributed by atoms with Gasteiger partial charge in [-0.25, -0.2) is 4.98 Å². The average molecular weight is 585 g/mol. The molecule has 8 nitrogen and oxygen atoms in total. The third-order valence-electron chi connectivity index (χ3n) is 6.18. The van der Waals surface area contributed by atoms with Gasteiger partial charge in [0.25, 0.3) is 5.91 Å². The third kappa shape index (κ3) is 6.27. The number of aromatic amines is 1. The molecule has 5 aromatic rings. The van der Waals surface area contributed by atoms with Crippen LogP contribution in [0.3, 0.4) is 0 Å². The van der Waals surface area contributed by atoms with Crippen molar-refractivity contribution >= 4 is 50.2 Å². The van der Waals surface area contributed by atoms with Crippen LogP contribution in [0.25, 0.3) is 22.4 Å². The van der Waals surface area contributed by atoms with E-state index in [9.17, 15) is 9.59 Å². The number of H-pyrrole nitrogens is 1. The van der Waals surface area contributed by atoms with E-state index in [-0.39, 0.29) is 12.3 Å². The van der Waals surface area contributed by atoms with E-state index in [0.717, 1.165) is 43.7 Å². The van der Waals surface area contributed by atoms with Crippen molar-refractivity contribution in [1.82, 2.24) is 9.97 Å². The monoisotopic (exact) mass is 584 g/mol. The van der Waals surface area contributed by atoms with Crippen LogP contribution in [0.1, 0.15) is 21.5 Å². The Morgan fingerprint density at radius 2 is 1.64 bits per heavy atom. The molecule has 0 atom stereocenters. The van der Waals surface area contributed by atoms with Gasteiger partial charge in [-0.05, 0) is 93.8 Å². The van der Waals surface area contributed by atoms with E-state index in [1.807, 2.05) is 60.7 Å². The number of rotatable bonds is 9. The Hall–Kier alpha value is -4.63. The lowest BCUT2D eigenvalue weighted by Crippen LogP contribution is -2.12. The molecule has 0 aliphatic carbocycles. The molecule has 0 unspecified atom stereocenters. The SMILES string of the molecule is COc1ccc(C(=O)Nc2ccc(CNc3ccc(-c4nc5ccc(CC(=O)O)cc5[nH]4)cc3)cc2)cc1Br. The molecule has 1 heterocycles. The van der Waals surface area contributed by atoms with Gasteiger partial charge in [0.05, 0.1) is 29.0 Å². The highest BCUT2D eigenvalue weighted by Gasteiger charge is 2.10. The number of nitrogens with zero attached hydrogens (tertiary/aromatic N) is 1. The number of carbonyl (C=O) groups excluding carboxylic acids is 1. The van der Waals surface area contributed by atoms with Crippen LogP contribution in [0.2, 0.25) is 0 Å². The highest BCUT2D eigenvalue weighted by Crippen LogP contribution is 2.26. The van der Waals surface area contributed by atoms with E-state index in [4.69, 9.17) is 9.84 Å². The molecule has 196 valence electrons. The fraction of sp³-hybridized carbons (Fsp3) is 0.100. The van der Waals surface area contributed by atoms with Crippen LogP contribution in [0.15, 0.2) is 89.4 Å². The molecule has 0 aliphatic rings. The highest BCUT2D eigenvalue weighted by molar-refractivity contribution is 9.10. The minimum atomic E-state index is -0.863. The molecule has 4 aromatic carbocycles. The van der Waals surface area contributed by atoms with Gasteiger partial charge in [-0.1, -0.05) is 18.2 Å². The number of aromatic nitrogens is 2. The number of methoxy groups -OCH3 is 1. The predicted octanol–water partition coefficient (Wildman–Crippen LogP) is 6.49. The first-order valence-electron chi connectivity index (χ1n) is 12.2.